The molecule has 6 aliphatic rings. The Morgan fingerprint density at radius 1 is 0.236 bits per heavy atom. The molecule has 13 aromatic rings. The van der Waals surface area contributed by atoms with Crippen molar-refractivity contribution in [3.05, 3.63) is 297 Å². The highest BCUT2D eigenvalue weighted by molar-refractivity contribution is 7.02. The van der Waals surface area contributed by atoms with Crippen LogP contribution in [-0.2, 0) is 0 Å². The number of hydrogen-bond donors (Lipinski definition) is 0. The van der Waals surface area contributed by atoms with Crippen LogP contribution in [0.15, 0.2) is 297 Å². The number of nitrogens with zero attached hydrogens (tertiary/aromatic N) is 5. The molecule has 13 aromatic carbocycles. The zero-order chi connectivity index (χ0) is 58.3. The van der Waals surface area contributed by atoms with E-state index in [-0.39, 0.29) is 13.4 Å². The molecule has 0 N–H and O–H groups in total. The van der Waals surface area contributed by atoms with Gasteiger partial charge < -0.3 is 38.5 Å². The minimum atomic E-state index is -0.356. The van der Waals surface area contributed by atoms with Crippen LogP contribution in [-0.4, -0.2) is 13.4 Å². The molecule has 0 aliphatic carbocycles. The lowest BCUT2D eigenvalue weighted by molar-refractivity contribution is 0.408. The molecule has 6 aliphatic heterocycles. The van der Waals surface area contributed by atoms with Crippen LogP contribution >= 0.6 is 0 Å². The van der Waals surface area contributed by atoms with Gasteiger partial charge in [-0.05, 0) is 149 Å². The number of para-hydroxylation sites is 10. The fourth-order valence-corrected chi connectivity index (χ4v) is 14.6. The summed E-state index contributed by atoms with van der Waals surface area (Å²) in [6, 6.07) is 106. The predicted octanol–water partition coefficient (Wildman–Crippen LogP) is 17.1. The lowest BCUT2D eigenvalue weighted by Gasteiger charge is -2.45. The second-order valence-corrected chi connectivity index (χ2v) is 23.1. The van der Waals surface area contributed by atoms with E-state index in [2.05, 4.69) is 291 Å². The largest absolute Gasteiger partial charge is 0.458 e. The highest BCUT2D eigenvalue weighted by Crippen LogP contribution is 2.62. The van der Waals surface area contributed by atoms with Crippen LogP contribution in [0.25, 0.3) is 0 Å². The monoisotopic (exact) mass is 1140 g/mol. The van der Waals surface area contributed by atoms with Crippen LogP contribution in [0.4, 0.5) is 85.3 Å². The van der Waals surface area contributed by atoms with Gasteiger partial charge in [-0.2, -0.15) is 0 Å². The van der Waals surface area contributed by atoms with Crippen LogP contribution in [0.2, 0.25) is 0 Å². The van der Waals surface area contributed by atoms with Gasteiger partial charge in [0.05, 0.1) is 22.7 Å². The van der Waals surface area contributed by atoms with Gasteiger partial charge in [0.1, 0.15) is 22.9 Å². The third kappa shape index (κ3) is 7.45. The first-order valence-corrected chi connectivity index (χ1v) is 30.2. The van der Waals surface area contributed by atoms with Crippen LogP contribution in [0.1, 0.15) is 0 Å². The third-order valence-corrected chi connectivity index (χ3v) is 18.2. The van der Waals surface area contributed by atoms with Crippen LogP contribution in [0.3, 0.4) is 0 Å². The smallest absolute Gasteiger partial charge is 0.260 e. The summed E-state index contributed by atoms with van der Waals surface area (Å²) >= 11 is 0. The minimum absolute atomic E-state index is 0.209. The molecule has 0 saturated heterocycles. The van der Waals surface area contributed by atoms with E-state index >= 15 is 0 Å². The minimum Gasteiger partial charge on any atom is -0.458 e. The van der Waals surface area contributed by atoms with Crippen molar-refractivity contribution < 1.29 is 18.9 Å². The molecule has 6 heterocycles. The Balaban J connectivity index is 0.883. The van der Waals surface area contributed by atoms with E-state index < -0.39 is 0 Å². The number of rotatable bonds is 8. The SMILES string of the molecule is c1ccc(N(c2ccccc2)c2cc3c4c(c2)Oc2c(ccc5c2Oc2cccc6c2N5c2ccccc2O6)B4c2cc4c(cc2O3)N(c2ccccc2)c2cc(N(c3ccccc3)c3ccccc3)cc3c2B4c2ccccc2N3c2ccccc2)cc1. The van der Waals surface area contributed by atoms with Crippen LogP contribution in [0, 0.1) is 0 Å². The number of fused-ring (bicyclic) bond motifs is 13. The summed E-state index contributed by atoms with van der Waals surface area (Å²) in [7, 11) is 0. The van der Waals surface area contributed by atoms with E-state index in [1.165, 1.54) is 10.9 Å². The van der Waals surface area contributed by atoms with Gasteiger partial charge in [-0.3, -0.25) is 4.90 Å². The Morgan fingerprint density at radius 2 is 0.697 bits per heavy atom. The van der Waals surface area contributed by atoms with Crippen molar-refractivity contribution in [2.24, 2.45) is 0 Å². The maximum Gasteiger partial charge on any atom is 0.260 e. The molecule has 0 bridgehead atoms. The molecule has 19 rings (SSSR count). The fourth-order valence-electron chi connectivity index (χ4n) is 14.6. The fraction of sp³-hybridized carbons (Fsp3) is 0. The molecule has 0 amide bonds. The van der Waals surface area contributed by atoms with Crippen LogP contribution < -0.4 is 76.2 Å². The van der Waals surface area contributed by atoms with Crippen molar-refractivity contribution in [2.75, 3.05) is 24.5 Å². The molecule has 0 fully saturated rings. The molecule has 0 atom stereocenters. The van der Waals surface area contributed by atoms with E-state index in [0.29, 0.717) is 28.7 Å². The average Bonchev–Trinajstić information content (AvgIpc) is 0.713. The predicted molar refractivity (Wildman–Crippen MR) is 362 cm³/mol. The molecule has 89 heavy (non-hydrogen) atoms. The molecule has 0 radical (unpaired) electrons. The highest BCUT2D eigenvalue weighted by atomic mass is 16.5. The summed E-state index contributed by atoms with van der Waals surface area (Å²) in [4.78, 5) is 11.9. The van der Waals surface area contributed by atoms with Gasteiger partial charge in [0.2, 0.25) is 0 Å². The van der Waals surface area contributed by atoms with Gasteiger partial charge in [0, 0.05) is 80.5 Å². The second-order valence-electron chi connectivity index (χ2n) is 23.1. The summed E-state index contributed by atoms with van der Waals surface area (Å²) in [5, 5.41) is 0. The summed E-state index contributed by atoms with van der Waals surface area (Å²) in [5.41, 5.74) is 21.6. The van der Waals surface area contributed by atoms with E-state index in [1.54, 1.807) is 0 Å². The molecule has 0 aromatic heterocycles. The number of benzene rings is 13. The Hall–Kier alpha value is -11.8. The van der Waals surface area contributed by atoms with Gasteiger partial charge in [-0.1, -0.05) is 158 Å². The topological polar surface area (TPSA) is 53.1 Å². The van der Waals surface area contributed by atoms with E-state index in [1.807, 2.05) is 30.3 Å². The zero-order valence-corrected chi connectivity index (χ0v) is 47.8. The number of hydrogen-bond acceptors (Lipinski definition) is 9. The van der Waals surface area contributed by atoms with Crippen LogP contribution in [0.5, 0.6) is 46.0 Å². The van der Waals surface area contributed by atoms with Crippen molar-refractivity contribution in [3.63, 3.8) is 0 Å². The summed E-state index contributed by atoms with van der Waals surface area (Å²) in [6.45, 7) is -0.565. The molecule has 0 unspecified atom stereocenters. The van der Waals surface area contributed by atoms with Crippen molar-refractivity contribution in [2.45, 2.75) is 0 Å². The lowest BCUT2D eigenvalue weighted by Crippen LogP contribution is -2.64. The Morgan fingerprint density at radius 3 is 1.30 bits per heavy atom. The quantitative estimate of drug-likeness (QED) is 0.139. The van der Waals surface area contributed by atoms with E-state index in [0.717, 1.165) is 124 Å². The van der Waals surface area contributed by atoms with Crippen molar-refractivity contribution in [3.8, 4) is 46.0 Å². The van der Waals surface area contributed by atoms with E-state index in [4.69, 9.17) is 18.9 Å². The lowest BCUT2D eigenvalue weighted by atomic mass is 9.31. The van der Waals surface area contributed by atoms with Gasteiger partial charge in [-0.15, -0.1) is 0 Å². The van der Waals surface area contributed by atoms with Gasteiger partial charge >= 0.3 is 0 Å². The van der Waals surface area contributed by atoms with Crippen molar-refractivity contribution in [1.29, 1.82) is 0 Å². The molecule has 416 valence electrons. The Kier molecular flexibility index (Phi) is 10.8. The van der Waals surface area contributed by atoms with Gasteiger partial charge in [0.25, 0.3) is 13.4 Å². The standard InChI is InChI=1S/C78H49B2N5O4/c1-7-24-50(25-8-1)81(51-26-9-2-10-27-51)56-44-66-74-67(45-56)84(55-34-17-6-18-35-55)65-49-71-61(48-60(65)79(74)58-36-19-20-37-62(58)83(66)54-32-15-5-16-33-54)80-59-42-43-64-78(88-70-41-23-40-69-76(70)85(64)63-38-21-22-39-68(63)86-69)77(59)89-73-47-57(46-72(87-71)75(73)80)82(52-28-11-3-12-29-52)53-30-13-4-14-31-53/h1-49H. The number of anilines is 15. The maximum absolute atomic E-state index is 7.62. The first-order chi connectivity index (χ1) is 44.2. The molecule has 9 nitrogen and oxygen atoms in total. The van der Waals surface area contributed by atoms with Crippen molar-refractivity contribution >= 4 is 132 Å². The summed E-state index contributed by atoms with van der Waals surface area (Å²) < 4.78 is 28.9. The second kappa shape index (κ2) is 19.4. The summed E-state index contributed by atoms with van der Waals surface area (Å²) in [6.07, 6.45) is 0. The Bertz CT molecular complexity index is 4950. The maximum atomic E-state index is 7.62. The molecule has 0 spiro atoms. The summed E-state index contributed by atoms with van der Waals surface area (Å²) in [5.74, 6) is 5.59. The van der Waals surface area contributed by atoms with Gasteiger partial charge in [0.15, 0.2) is 28.7 Å². The molecular weight excluding hydrogens is 1090 g/mol. The van der Waals surface area contributed by atoms with Gasteiger partial charge in [-0.25, -0.2) is 0 Å². The number of ether oxygens (including phenoxy) is 4. The first kappa shape index (κ1) is 49.5. The average molecular weight is 1140 g/mol. The van der Waals surface area contributed by atoms with E-state index in [9.17, 15) is 0 Å². The molecular formula is C78H49B2N5O4. The zero-order valence-electron chi connectivity index (χ0n) is 47.8. The molecule has 0 saturated carbocycles. The normalized spacial score (nSPS) is 13.4. The highest BCUT2D eigenvalue weighted by Gasteiger charge is 2.49. The Labute approximate surface area is 515 Å². The molecule has 11 heteroatoms. The first-order valence-electron chi connectivity index (χ1n) is 30.2. The third-order valence-electron chi connectivity index (χ3n) is 18.2. The van der Waals surface area contributed by atoms with Crippen molar-refractivity contribution in [1.82, 2.24) is 0 Å².